The summed E-state index contributed by atoms with van der Waals surface area (Å²) in [6.07, 6.45) is 9.71. The number of benzene rings is 4. The van der Waals surface area contributed by atoms with Crippen LogP contribution in [0.1, 0.15) is 96.9 Å². The monoisotopic (exact) mass is 829 g/mol. The summed E-state index contributed by atoms with van der Waals surface area (Å²) in [7, 11) is 4.10. The van der Waals surface area contributed by atoms with E-state index in [0.29, 0.717) is 28.8 Å². The number of rotatable bonds is 9. The number of likely N-dealkylation sites (N-methyl/N-ethyl adjacent to an activating group) is 1. The summed E-state index contributed by atoms with van der Waals surface area (Å²) in [5.41, 5.74) is 10.8. The average molecular weight is 830 g/mol. The van der Waals surface area contributed by atoms with Crippen molar-refractivity contribution < 1.29 is 24.1 Å². The van der Waals surface area contributed by atoms with Crippen molar-refractivity contribution in [1.82, 2.24) is 10.2 Å². The van der Waals surface area contributed by atoms with Crippen molar-refractivity contribution in [1.29, 1.82) is 0 Å². The number of aliphatic hydroxyl groups is 1. The van der Waals surface area contributed by atoms with E-state index in [0.717, 1.165) is 69.9 Å². The number of hydrogen-bond donors (Lipinski definition) is 2. The van der Waals surface area contributed by atoms with Gasteiger partial charge in [-0.05, 0) is 111 Å². The second kappa shape index (κ2) is 16.1. The lowest BCUT2D eigenvalue weighted by molar-refractivity contribution is -0.401. The van der Waals surface area contributed by atoms with E-state index in [2.05, 4.69) is 80.9 Å². The number of carbonyl (C=O) groups is 3. The van der Waals surface area contributed by atoms with Crippen LogP contribution in [0.15, 0.2) is 144 Å². The van der Waals surface area contributed by atoms with E-state index in [1.54, 1.807) is 4.90 Å². The summed E-state index contributed by atoms with van der Waals surface area (Å²) >= 11 is 5.52. The number of allylic oxidation sites excluding steroid dienone is 7. The zero-order chi connectivity index (χ0) is 43.4. The van der Waals surface area contributed by atoms with Crippen LogP contribution in [0.5, 0.6) is 0 Å². The molecule has 4 aliphatic rings. The van der Waals surface area contributed by atoms with E-state index in [1.165, 1.54) is 0 Å². The summed E-state index contributed by atoms with van der Waals surface area (Å²) in [5, 5.41) is 15.0. The maximum atomic E-state index is 14.0. The van der Waals surface area contributed by atoms with Crippen LogP contribution in [0.3, 0.4) is 0 Å². The first-order chi connectivity index (χ1) is 29.1. The Hall–Kier alpha value is -6.03. The van der Waals surface area contributed by atoms with E-state index >= 15 is 0 Å². The Morgan fingerprint density at radius 3 is 2.05 bits per heavy atom. The first-order valence-corrected chi connectivity index (χ1v) is 21.5. The SMILES string of the molecule is CCN1C(=S)NC(=O)C(C2=C(/C=C/C3=[N+](C)c4ccc(C(=O)c5ccccc5)cc4C3(C)C)CCC/C2=C\C=C2\N(C)c3ccc(C(=O)c4ccccc4)cc3C2(C)C)C1O. The van der Waals surface area contributed by atoms with Gasteiger partial charge >= 0.3 is 0 Å². The minimum atomic E-state index is -1.14. The van der Waals surface area contributed by atoms with Crippen molar-refractivity contribution >= 4 is 51.9 Å². The van der Waals surface area contributed by atoms with Crippen molar-refractivity contribution in [3.63, 3.8) is 0 Å². The largest absolute Gasteiger partial charge is 0.372 e. The number of aliphatic hydroxyl groups excluding tert-OH is 1. The highest BCUT2D eigenvalue weighted by molar-refractivity contribution is 7.80. The molecule has 0 saturated carbocycles. The van der Waals surface area contributed by atoms with E-state index in [1.807, 2.05) is 104 Å². The van der Waals surface area contributed by atoms with Crippen LogP contribution in [0.4, 0.5) is 11.4 Å². The van der Waals surface area contributed by atoms with Gasteiger partial charge in [-0.15, -0.1) is 0 Å². The van der Waals surface area contributed by atoms with Crippen molar-refractivity contribution in [2.45, 2.75) is 70.9 Å². The fraction of sp³-hybridized carbons (Fsp3) is 0.288. The van der Waals surface area contributed by atoms with Crippen LogP contribution < -0.4 is 10.2 Å². The predicted octanol–water partition coefficient (Wildman–Crippen LogP) is 9.10. The number of nitrogens with one attached hydrogen (secondary N) is 1. The van der Waals surface area contributed by atoms with Crippen molar-refractivity contribution in [3.05, 3.63) is 177 Å². The van der Waals surface area contributed by atoms with E-state index in [-0.39, 0.29) is 22.6 Å². The second-order valence-corrected chi connectivity index (χ2v) is 17.8. The maximum absolute atomic E-state index is 14.0. The summed E-state index contributed by atoms with van der Waals surface area (Å²) < 4.78 is 2.18. The van der Waals surface area contributed by atoms with Gasteiger partial charge in [0, 0.05) is 70.4 Å². The molecule has 1 fully saturated rings. The number of anilines is 1. The molecule has 0 spiro atoms. The molecule has 4 aromatic rings. The molecule has 1 aliphatic carbocycles. The lowest BCUT2D eigenvalue weighted by Gasteiger charge is -2.41. The van der Waals surface area contributed by atoms with Gasteiger partial charge in [-0.3, -0.25) is 14.4 Å². The molecule has 2 N–H and O–H groups in total. The predicted molar refractivity (Wildman–Crippen MR) is 247 cm³/mol. The van der Waals surface area contributed by atoms with Gasteiger partial charge in [0.2, 0.25) is 11.6 Å². The molecular weight excluding hydrogens is 777 g/mol. The third kappa shape index (κ3) is 7.23. The van der Waals surface area contributed by atoms with E-state index < -0.39 is 23.0 Å². The first-order valence-electron chi connectivity index (χ1n) is 21.1. The van der Waals surface area contributed by atoms with Gasteiger partial charge in [0.25, 0.3) is 0 Å². The van der Waals surface area contributed by atoms with E-state index in [4.69, 9.17) is 12.2 Å². The molecule has 0 aromatic heterocycles. The Bertz CT molecular complexity index is 2650. The number of amides is 1. The van der Waals surface area contributed by atoms with Gasteiger partial charge in [0.1, 0.15) is 19.2 Å². The Morgan fingerprint density at radius 2 is 1.43 bits per heavy atom. The molecule has 3 heterocycles. The molecule has 310 valence electrons. The van der Waals surface area contributed by atoms with Crippen molar-refractivity contribution in [2.24, 2.45) is 5.92 Å². The smallest absolute Gasteiger partial charge is 0.238 e. The lowest BCUT2D eigenvalue weighted by Crippen LogP contribution is -2.60. The van der Waals surface area contributed by atoms with Crippen molar-refractivity contribution in [3.8, 4) is 0 Å². The third-order valence-corrected chi connectivity index (χ3v) is 13.5. The lowest BCUT2D eigenvalue weighted by atomic mass is 9.76. The number of nitrogens with zero attached hydrogens (tertiary/aromatic N) is 3. The number of ketones is 2. The fourth-order valence-electron chi connectivity index (χ4n) is 9.82. The van der Waals surface area contributed by atoms with Gasteiger partial charge < -0.3 is 20.2 Å². The zero-order valence-corrected chi connectivity index (χ0v) is 36.8. The van der Waals surface area contributed by atoms with Crippen LogP contribution >= 0.6 is 12.2 Å². The van der Waals surface area contributed by atoms with Crippen LogP contribution in [-0.2, 0) is 15.6 Å². The molecule has 2 unspecified atom stereocenters. The molecule has 8 nitrogen and oxygen atoms in total. The van der Waals surface area contributed by atoms with Crippen LogP contribution in [-0.4, -0.2) is 69.7 Å². The molecule has 2 atom stereocenters. The quantitative estimate of drug-likeness (QED) is 0.0989. The number of fused-ring (bicyclic) bond motifs is 2. The van der Waals surface area contributed by atoms with Gasteiger partial charge in [0.05, 0.1) is 5.41 Å². The first kappa shape index (κ1) is 41.7. The number of thiocarbonyl (C=S) groups is 1. The molecule has 1 saturated heterocycles. The van der Waals surface area contributed by atoms with Gasteiger partial charge in [0.15, 0.2) is 22.4 Å². The highest BCUT2D eigenvalue weighted by Gasteiger charge is 2.45. The van der Waals surface area contributed by atoms with Crippen molar-refractivity contribution in [2.75, 3.05) is 25.5 Å². The Balaban J connectivity index is 1.18. The number of hydrogen-bond acceptors (Lipinski definition) is 6. The Morgan fingerprint density at radius 1 is 0.820 bits per heavy atom. The fourth-order valence-corrected chi connectivity index (χ4v) is 10.2. The highest BCUT2D eigenvalue weighted by atomic mass is 32.1. The molecule has 0 bridgehead atoms. The summed E-state index contributed by atoms with van der Waals surface area (Å²) in [6, 6.07) is 30.6. The topological polar surface area (TPSA) is 93.0 Å². The average Bonchev–Trinajstić information content (AvgIpc) is 3.57. The minimum absolute atomic E-state index is 0.0129. The van der Waals surface area contributed by atoms with Crippen LogP contribution in [0.2, 0.25) is 0 Å². The number of carbonyl (C=O) groups excluding carboxylic acids is 3. The van der Waals surface area contributed by atoms with E-state index in [9.17, 15) is 19.5 Å². The molecule has 8 rings (SSSR count). The molecule has 0 radical (unpaired) electrons. The summed E-state index contributed by atoms with van der Waals surface area (Å²) in [4.78, 5) is 44.9. The third-order valence-electron chi connectivity index (χ3n) is 13.2. The highest BCUT2D eigenvalue weighted by Crippen LogP contribution is 2.48. The second-order valence-electron chi connectivity index (χ2n) is 17.4. The van der Waals surface area contributed by atoms with Gasteiger partial charge in [-0.2, -0.15) is 4.58 Å². The summed E-state index contributed by atoms with van der Waals surface area (Å²) in [5.74, 6) is -1.22. The normalized spacial score (nSPS) is 22.0. The molecule has 61 heavy (non-hydrogen) atoms. The minimum Gasteiger partial charge on any atom is -0.372 e. The molecular formula is C52H53N4O4S+. The maximum Gasteiger partial charge on any atom is 0.238 e. The zero-order valence-electron chi connectivity index (χ0n) is 36.0. The molecule has 1 amide bonds. The van der Waals surface area contributed by atoms with Gasteiger partial charge in [-0.25, -0.2) is 0 Å². The Kier molecular flexibility index (Phi) is 11.0. The molecule has 4 aromatic carbocycles. The van der Waals surface area contributed by atoms with Gasteiger partial charge in [-0.1, -0.05) is 86.7 Å². The van der Waals surface area contributed by atoms with Crippen LogP contribution in [0.25, 0.3) is 0 Å². The molecule has 9 heteroatoms. The molecule has 3 aliphatic heterocycles. The standard InChI is InChI=1S/C52H52N4O4S/c1-8-56-49(60)45(48(59)53-50(56)61)44-32(24-28-42-51(2,3)38-30-36(22-26-40(38)54(42)6)46(57)34-16-11-9-12-17-34)20-15-21-33(44)25-29-43-52(4,5)39-31-37(23-27-41(39)55(43)7)47(58)35-18-13-10-14-19-35/h9-14,16-19,22-31,45,49,60H,8,15,20-21H2,1-7H3/p+1. The van der Waals surface area contributed by atoms with Crippen LogP contribution in [0, 0.1) is 5.92 Å². The Labute approximate surface area is 364 Å². The summed E-state index contributed by atoms with van der Waals surface area (Å²) in [6.45, 7) is 11.1.